The summed E-state index contributed by atoms with van der Waals surface area (Å²) in [6, 6.07) is 4.77. The van der Waals surface area contributed by atoms with Crippen molar-refractivity contribution < 1.29 is 4.79 Å². The third-order valence-electron chi connectivity index (χ3n) is 2.56. The van der Waals surface area contributed by atoms with Crippen molar-refractivity contribution in [1.29, 1.82) is 0 Å². The van der Waals surface area contributed by atoms with Gasteiger partial charge in [0, 0.05) is 42.2 Å². The van der Waals surface area contributed by atoms with Gasteiger partial charge in [-0.15, -0.1) is 0 Å². The predicted octanol–water partition coefficient (Wildman–Crippen LogP) is 0.629. The van der Waals surface area contributed by atoms with E-state index in [0.29, 0.717) is 19.0 Å². The van der Waals surface area contributed by atoms with E-state index in [4.69, 9.17) is 0 Å². The van der Waals surface area contributed by atoms with Gasteiger partial charge in [0.25, 0.3) is 5.56 Å². The number of aromatic nitrogens is 3. The lowest BCUT2D eigenvalue weighted by Crippen LogP contribution is -2.34. The molecule has 0 unspecified atom stereocenters. The molecule has 0 fully saturated rings. The van der Waals surface area contributed by atoms with E-state index in [1.165, 1.54) is 10.6 Å². The van der Waals surface area contributed by atoms with Crippen LogP contribution in [0.5, 0.6) is 0 Å². The largest absolute Gasteiger partial charge is 0.353 e. The van der Waals surface area contributed by atoms with Crippen molar-refractivity contribution in [3.8, 4) is 0 Å². The standard InChI is InChI=1S/C13H14BrN5O2/c14-10-2-3-12(21)19(8-10)9-11(20)15-6-7-18-13-16-4-1-5-17-13/h1-5,8H,6-7,9H2,(H,15,20)(H,16,17,18). The average Bonchev–Trinajstić information content (AvgIpc) is 2.48. The Morgan fingerprint density at radius 3 is 2.76 bits per heavy atom. The molecule has 0 radical (unpaired) electrons. The smallest absolute Gasteiger partial charge is 0.251 e. The highest BCUT2D eigenvalue weighted by atomic mass is 79.9. The predicted molar refractivity (Wildman–Crippen MR) is 81.9 cm³/mol. The first-order valence-corrected chi connectivity index (χ1v) is 7.08. The Hall–Kier alpha value is -2.22. The fourth-order valence-electron chi connectivity index (χ4n) is 1.60. The Bertz CT molecular complexity index is 659. The average molecular weight is 352 g/mol. The van der Waals surface area contributed by atoms with Crippen LogP contribution < -0.4 is 16.2 Å². The molecule has 0 bridgehead atoms. The van der Waals surface area contributed by atoms with Crippen molar-refractivity contribution in [3.05, 3.63) is 51.6 Å². The molecule has 2 N–H and O–H groups in total. The summed E-state index contributed by atoms with van der Waals surface area (Å²) in [5, 5.41) is 5.69. The molecule has 0 aliphatic carbocycles. The molecule has 1 amide bonds. The van der Waals surface area contributed by atoms with E-state index < -0.39 is 0 Å². The summed E-state index contributed by atoms with van der Waals surface area (Å²) in [5.74, 6) is 0.279. The SMILES string of the molecule is O=C(Cn1cc(Br)ccc1=O)NCCNc1ncccn1. The minimum atomic E-state index is -0.231. The molecule has 2 aromatic rings. The zero-order valence-electron chi connectivity index (χ0n) is 11.1. The molecule has 7 nitrogen and oxygen atoms in total. The normalized spacial score (nSPS) is 10.1. The number of carbonyl (C=O) groups excluding carboxylic acids is 1. The molecule has 2 rings (SSSR count). The van der Waals surface area contributed by atoms with Gasteiger partial charge in [-0.3, -0.25) is 9.59 Å². The van der Waals surface area contributed by atoms with E-state index >= 15 is 0 Å². The summed E-state index contributed by atoms with van der Waals surface area (Å²) >= 11 is 3.26. The van der Waals surface area contributed by atoms with Gasteiger partial charge in [0.1, 0.15) is 6.54 Å². The maximum atomic E-state index is 11.7. The number of carbonyl (C=O) groups is 1. The van der Waals surface area contributed by atoms with Gasteiger partial charge in [0.05, 0.1) is 0 Å². The number of nitrogens with one attached hydrogen (secondary N) is 2. The van der Waals surface area contributed by atoms with Gasteiger partial charge >= 0.3 is 0 Å². The van der Waals surface area contributed by atoms with Crippen LogP contribution in [0.3, 0.4) is 0 Å². The van der Waals surface area contributed by atoms with Gasteiger partial charge in [-0.05, 0) is 28.1 Å². The van der Waals surface area contributed by atoms with Gasteiger partial charge in [-0.1, -0.05) is 0 Å². The number of hydrogen-bond donors (Lipinski definition) is 2. The Kier molecular flexibility index (Phi) is 5.44. The molecular weight excluding hydrogens is 338 g/mol. The van der Waals surface area contributed by atoms with Crippen molar-refractivity contribution in [2.45, 2.75) is 6.54 Å². The van der Waals surface area contributed by atoms with Crippen molar-refractivity contribution in [1.82, 2.24) is 19.9 Å². The van der Waals surface area contributed by atoms with Gasteiger partial charge in [-0.25, -0.2) is 9.97 Å². The molecule has 0 aromatic carbocycles. The molecule has 2 heterocycles. The van der Waals surface area contributed by atoms with Crippen LogP contribution in [0.2, 0.25) is 0 Å². The summed E-state index contributed by atoms with van der Waals surface area (Å²) in [6.45, 7) is 0.906. The second-order valence-corrected chi connectivity index (χ2v) is 5.08. The highest BCUT2D eigenvalue weighted by molar-refractivity contribution is 9.10. The first kappa shape index (κ1) is 15.2. The van der Waals surface area contributed by atoms with E-state index in [0.717, 1.165) is 4.47 Å². The second-order valence-electron chi connectivity index (χ2n) is 4.16. The molecule has 110 valence electrons. The van der Waals surface area contributed by atoms with Crippen LogP contribution in [0.4, 0.5) is 5.95 Å². The molecule has 2 aromatic heterocycles. The third kappa shape index (κ3) is 4.99. The molecule has 21 heavy (non-hydrogen) atoms. The van der Waals surface area contributed by atoms with Crippen LogP contribution in [0.15, 0.2) is 46.1 Å². The first-order chi connectivity index (χ1) is 10.1. The number of hydrogen-bond acceptors (Lipinski definition) is 5. The molecule has 0 saturated heterocycles. The summed E-state index contributed by atoms with van der Waals surface area (Å²) in [5.41, 5.74) is -0.218. The molecule has 8 heteroatoms. The summed E-state index contributed by atoms with van der Waals surface area (Å²) in [4.78, 5) is 31.3. The van der Waals surface area contributed by atoms with Crippen LogP contribution >= 0.6 is 15.9 Å². The van der Waals surface area contributed by atoms with Gasteiger partial charge in [-0.2, -0.15) is 0 Å². The molecule has 0 saturated carbocycles. The maximum Gasteiger partial charge on any atom is 0.251 e. The fraction of sp³-hybridized carbons (Fsp3) is 0.231. The minimum Gasteiger partial charge on any atom is -0.353 e. The second kappa shape index (κ2) is 7.53. The lowest BCUT2D eigenvalue weighted by molar-refractivity contribution is -0.121. The summed E-state index contributed by atoms with van der Waals surface area (Å²) in [7, 11) is 0. The number of rotatable bonds is 6. The third-order valence-corrected chi connectivity index (χ3v) is 3.03. The minimum absolute atomic E-state index is 0.0138. The number of nitrogens with zero attached hydrogens (tertiary/aromatic N) is 3. The fourth-order valence-corrected chi connectivity index (χ4v) is 1.98. The highest BCUT2D eigenvalue weighted by Crippen LogP contribution is 2.04. The monoisotopic (exact) mass is 351 g/mol. The lowest BCUT2D eigenvalue weighted by atomic mass is 10.4. The molecule has 0 aliphatic heterocycles. The van der Waals surface area contributed by atoms with Crippen LogP contribution in [-0.4, -0.2) is 33.5 Å². The Morgan fingerprint density at radius 2 is 2.00 bits per heavy atom. The number of anilines is 1. The summed E-state index contributed by atoms with van der Waals surface area (Å²) in [6.07, 6.45) is 4.85. The molecule has 0 atom stereocenters. The van der Waals surface area contributed by atoms with Crippen molar-refractivity contribution >= 4 is 27.8 Å². The van der Waals surface area contributed by atoms with Gasteiger partial charge < -0.3 is 15.2 Å². The van der Waals surface area contributed by atoms with Crippen LogP contribution in [0.25, 0.3) is 0 Å². The molecule has 0 spiro atoms. The Morgan fingerprint density at radius 1 is 1.24 bits per heavy atom. The van der Waals surface area contributed by atoms with E-state index in [1.807, 2.05) is 0 Å². The molecular formula is C13H14BrN5O2. The zero-order valence-corrected chi connectivity index (χ0v) is 12.7. The van der Waals surface area contributed by atoms with Crippen molar-refractivity contribution in [2.75, 3.05) is 18.4 Å². The molecule has 0 aliphatic rings. The lowest BCUT2D eigenvalue weighted by Gasteiger charge is -2.08. The van der Waals surface area contributed by atoms with Crippen LogP contribution in [-0.2, 0) is 11.3 Å². The Balaban J connectivity index is 1.75. The maximum absolute atomic E-state index is 11.7. The van der Waals surface area contributed by atoms with Crippen LogP contribution in [0.1, 0.15) is 0 Å². The zero-order chi connectivity index (χ0) is 15.1. The van der Waals surface area contributed by atoms with E-state index in [9.17, 15) is 9.59 Å². The summed E-state index contributed by atoms with van der Waals surface area (Å²) < 4.78 is 2.09. The van der Waals surface area contributed by atoms with Crippen molar-refractivity contribution in [3.63, 3.8) is 0 Å². The van der Waals surface area contributed by atoms with E-state index in [1.54, 1.807) is 30.7 Å². The highest BCUT2D eigenvalue weighted by Gasteiger charge is 2.04. The van der Waals surface area contributed by atoms with E-state index in [2.05, 4.69) is 36.5 Å². The number of pyridine rings is 1. The first-order valence-electron chi connectivity index (χ1n) is 6.29. The topological polar surface area (TPSA) is 88.9 Å². The Labute approximate surface area is 129 Å². The quantitative estimate of drug-likeness (QED) is 0.745. The number of halogens is 1. The van der Waals surface area contributed by atoms with Crippen molar-refractivity contribution in [2.24, 2.45) is 0 Å². The number of amides is 1. The van der Waals surface area contributed by atoms with E-state index in [-0.39, 0.29) is 18.0 Å². The van der Waals surface area contributed by atoms with Gasteiger partial charge in [0.2, 0.25) is 11.9 Å². The van der Waals surface area contributed by atoms with Gasteiger partial charge in [0.15, 0.2) is 0 Å². The van der Waals surface area contributed by atoms with Crippen LogP contribution in [0, 0.1) is 0 Å².